The monoisotopic (exact) mass is 480 g/mol. The number of carbonyl (C=O) groups excluding carboxylic acids is 2. The van der Waals surface area contributed by atoms with E-state index in [1.54, 1.807) is 4.90 Å². The fourth-order valence-corrected chi connectivity index (χ4v) is 4.48. The molecule has 1 N–H and O–H groups in total. The number of halogens is 1. The van der Waals surface area contributed by atoms with E-state index < -0.39 is 6.04 Å². The Labute approximate surface area is 205 Å². The van der Waals surface area contributed by atoms with Gasteiger partial charge in [-0.3, -0.25) is 9.59 Å². The molecule has 0 heterocycles. The fourth-order valence-electron chi connectivity index (χ4n) is 3.47. The van der Waals surface area contributed by atoms with Crippen molar-refractivity contribution in [2.75, 3.05) is 12.3 Å². The van der Waals surface area contributed by atoms with Gasteiger partial charge in [0.2, 0.25) is 11.8 Å². The van der Waals surface area contributed by atoms with Crippen LogP contribution in [0, 0.1) is 0 Å². The van der Waals surface area contributed by atoms with Gasteiger partial charge in [0.1, 0.15) is 6.04 Å². The summed E-state index contributed by atoms with van der Waals surface area (Å²) in [5.41, 5.74) is 1.82. The lowest BCUT2D eigenvalue weighted by molar-refractivity contribution is -0.139. The first-order valence-corrected chi connectivity index (χ1v) is 12.5. The van der Waals surface area contributed by atoms with Crippen molar-refractivity contribution in [3.8, 4) is 0 Å². The molecule has 0 saturated heterocycles. The molecule has 172 valence electrons. The highest BCUT2D eigenvalue weighted by Gasteiger charge is 2.30. The number of carbonyl (C=O) groups is 2. The van der Waals surface area contributed by atoms with Gasteiger partial charge in [-0.2, -0.15) is 0 Å². The second-order valence-electron chi connectivity index (χ2n) is 7.71. The number of benzene rings is 3. The van der Waals surface area contributed by atoms with Gasteiger partial charge in [-0.1, -0.05) is 85.3 Å². The van der Waals surface area contributed by atoms with E-state index in [2.05, 4.69) is 5.32 Å². The van der Waals surface area contributed by atoms with Crippen LogP contribution in [-0.4, -0.2) is 35.1 Å². The number of amides is 2. The normalized spacial score (nSPS) is 11.6. The van der Waals surface area contributed by atoms with Crippen molar-refractivity contribution in [1.29, 1.82) is 0 Å². The molecule has 1 atom stereocenters. The quantitative estimate of drug-likeness (QED) is 0.363. The number of thioether (sulfide) groups is 1. The van der Waals surface area contributed by atoms with Crippen LogP contribution in [0.1, 0.15) is 24.5 Å². The van der Waals surface area contributed by atoms with E-state index in [0.29, 0.717) is 18.0 Å². The zero-order chi connectivity index (χ0) is 23.5. The summed E-state index contributed by atoms with van der Waals surface area (Å²) in [4.78, 5) is 29.5. The molecule has 3 aromatic rings. The minimum absolute atomic E-state index is 0.101. The molecular weight excluding hydrogens is 452 g/mol. The van der Waals surface area contributed by atoms with Gasteiger partial charge in [0.25, 0.3) is 0 Å². The van der Waals surface area contributed by atoms with E-state index in [4.69, 9.17) is 11.6 Å². The maximum atomic E-state index is 13.5. The topological polar surface area (TPSA) is 49.4 Å². The molecule has 33 heavy (non-hydrogen) atoms. The van der Waals surface area contributed by atoms with Crippen molar-refractivity contribution >= 4 is 35.2 Å². The third-order valence-electron chi connectivity index (χ3n) is 5.22. The largest absolute Gasteiger partial charge is 0.354 e. The summed E-state index contributed by atoms with van der Waals surface area (Å²) in [5.74, 6) is -0.0111. The Hall–Kier alpha value is -2.76. The van der Waals surface area contributed by atoms with Gasteiger partial charge in [-0.05, 0) is 35.7 Å². The Morgan fingerprint density at radius 1 is 0.939 bits per heavy atom. The molecular formula is C27H29ClN2O2S. The SMILES string of the molecule is CCCNC(=O)[C@H](Cc1ccccc1)N(Cc1ccccc1Cl)C(=O)CSc1ccccc1. The summed E-state index contributed by atoms with van der Waals surface area (Å²) < 4.78 is 0. The zero-order valence-electron chi connectivity index (χ0n) is 18.7. The van der Waals surface area contributed by atoms with Crippen molar-refractivity contribution in [3.05, 3.63) is 101 Å². The molecule has 4 nitrogen and oxygen atoms in total. The number of hydrogen-bond donors (Lipinski definition) is 1. The average Bonchev–Trinajstić information content (AvgIpc) is 2.85. The standard InChI is InChI=1S/C27H29ClN2O2S/c1-2-17-29-27(32)25(18-21-11-5-3-6-12-21)30(19-22-13-9-10-16-24(22)28)26(31)20-33-23-14-7-4-8-15-23/h3-16,25H,2,17-20H2,1H3,(H,29,32)/t25-/m0/s1. The van der Waals surface area contributed by atoms with Gasteiger partial charge in [0.05, 0.1) is 5.75 Å². The molecule has 0 radical (unpaired) electrons. The smallest absolute Gasteiger partial charge is 0.243 e. The van der Waals surface area contributed by atoms with Gasteiger partial charge >= 0.3 is 0 Å². The summed E-state index contributed by atoms with van der Waals surface area (Å²) in [5, 5.41) is 3.57. The van der Waals surface area contributed by atoms with E-state index in [0.717, 1.165) is 22.4 Å². The predicted molar refractivity (Wildman–Crippen MR) is 136 cm³/mol. The summed E-state index contributed by atoms with van der Waals surface area (Å²) in [6.45, 7) is 2.84. The highest BCUT2D eigenvalue weighted by atomic mass is 35.5. The maximum absolute atomic E-state index is 13.5. The Bertz CT molecular complexity index is 1030. The molecule has 0 unspecified atom stereocenters. The lowest BCUT2D eigenvalue weighted by atomic mass is 10.0. The van der Waals surface area contributed by atoms with E-state index >= 15 is 0 Å². The molecule has 0 fully saturated rings. The Morgan fingerprint density at radius 3 is 2.24 bits per heavy atom. The number of nitrogens with zero attached hydrogens (tertiary/aromatic N) is 1. The van der Waals surface area contributed by atoms with E-state index in [1.165, 1.54) is 11.8 Å². The third-order valence-corrected chi connectivity index (χ3v) is 6.59. The number of rotatable bonds is 11. The van der Waals surface area contributed by atoms with E-state index in [-0.39, 0.29) is 24.1 Å². The van der Waals surface area contributed by atoms with Crippen LogP contribution in [0.2, 0.25) is 5.02 Å². The summed E-state index contributed by atoms with van der Waals surface area (Å²) in [6.07, 6.45) is 1.26. The zero-order valence-corrected chi connectivity index (χ0v) is 20.3. The van der Waals surface area contributed by atoms with Crippen LogP contribution in [0.15, 0.2) is 89.8 Å². The van der Waals surface area contributed by atoms with Crippen LogP contribution in [0.5, 0.6) is 0 Å². The first-order chi connectivity index (χ1) is 16.1. The molecule has 0 saturated carbocycles. The van der Waals surface area contributed by atoms with Crippen molar-refractivity contribution < 1.29 is 9.59 Å². The van der Waals surface area contributed by atoms with Crippen LogP contribution < -0.4 is 5.32 Å². The van der Waals surface area contributed by atoms with Gasteiger partial charge in [-0.25, -0.2) is 0 Å². The minimum atomic E-state index is -0.640. The van der Waals surface area contributed by atoms with Crippen molar-refractivity contribution in [1.82, 2.24) is 10.2 Å². The van der Waals surface area contributed by atoms with E-state index in [9.17, 15) is 9.59 Å². The van der Waals surface area contributed by atoms with Gasteiger partial charge in [0.15, 0.2) is 0 Å². The van der Waals surface area contributed by atoms with Crippen molar-refractivity contribution in [2.45, 2.75) is 37.2 Å². The molecule has 0 aliphatic heterocycles. The van der Waals surface area contributed by atoms with Gasteiger partial charge in [-0.15, -0.1) is 11.8 Å². The minimum Gasteiger partial charge on any atom is -0.354 e. The molecule has 2 amide bonds. The molecule has 0 spiro atoms. The molecule has 0 bridgehead atoms. The molecule has 6 heteroatoms. The Morgan fingerprint density at radius 2 is 1.58 bits per heavy atom. The molecule has 0 aliphatic rings. The van der Waals surface area contributed by atoms with Gasteiger partial charge in [0, 0.05) is 29.4 Å². The Kier molecular flexibility index (Phi) is 9.85. The second kappa shape index (κ2) is 13.1. The van der Waals surface area contributed by atoms with Crippen LogP contribution in [0.4, 0.5) is 0 Å². The molecule has 0 aliphatic carbocycles. The van der Waals surface area contributed by atoms with Crippen LogP contribution in [0.3, 0.4) is 0 Å². The first-order valence-electron chi connectivity index (χ1n) is 11.1. The van der Waals surface area contributed by atoms with E-state index in [1.807, 2.05) is 91.9 Å². The third kappa shape index (κ3) is 7.65. The highest BCUT2D eigenvalue weighted by molar-refractivity contribution is 8.00. The summed E-state index contributed by atoms with van der Waals surface area (Å²) >= 11 is 7.90. The summed E-state index contributed by atoms with van der Waals surface area (Å²) in [7, 11) is 0. The maximum Gasteiger partial charge on any atom is 0.243 e. The van der Waals surface area contributed by atoms with Crippen LogP contribution in [-0.2, 0) is 22.6 Å². The van der Waals surface area contributed by atoms with Gasteiger partial charge < -0.3 is 10.2 Å². The highest BCUT2D eigenvalue weighted by Crippen LogP contribution is 2.23. The second-order valence-corrected chi connectivity index (χ2v) is 9.17. The number of nitrogens with one attached hydrogen (secondary N) is 1. The van der Waals surface area contributed by atoms with Crippen LogP contribution in [0.25, 0.3) is 0 Å². The lowest BCUT2D eigenvalue weighted by Gasteiger charge is -2.31. The predicted octanol–water partition coefficient (Wildman–Crippen LogP) is 5.60. The molecule has 3 rings (SSSR count). The fraction of sp³-hybridized carbons (Fsp3) is 0.259. The lowest BCUT2D eigenvalue weighted by Crippen LogP contribution is -2.51. The van der Waals surface area contributed by atoms with Crippen molar-refractivity contribution in [2.24, 2.45) is 0 Å². The average molecular weight is 481 g/mol. The number of hydrogen-bond acceptors (Lipinski definition) is 3. The molecule has 0 aromatic heterocycles. The van der Waals surface area contributed by atoms with Crippen molar-refractivity contribution in [3.63, 3.8) is 0 Å². The Balaban J connectivity index is 1.89. The molecule has 3 aromatic carbocycles. The summed E-state index contributed by atoms with van der Waals surface area (Å²) in [6, 6.07) is 26.4. The first kappa shape index (κ1) is 24.9. The van der Waals surface area contributed by atoms with Crippen LogP contribution >= 0.6 is 23.4 Å².